The van der Waals surface area contributed by atoms with Crippen LogP contribution in [0.3, 0.4) is 0 Å². The van der Waals surface area contributed by atoms with Crippen LogP contribution in [-0.2, 0) is 21.5 Å². The zero-order chi connectivity index (χ0) is 12.6. The Balaban J connectivity index is 2.43. The van der Waals surface area contributed by atoms with E-state index in [0.717, 1.165) is 0 Å². The van der Waals surface area contributed by atoms with Crippen LogP contribution in [0, 0.1) is 0 Å². The molecule has 1 fully saturated rings. The van der Waals surface area contributed by atoms with Crippen LogP contribution in [0.5, 0.6) is 0 Å². The number of hydrogen-bond acceptors (Lipinski definition) is 5. The van der Waals surface area contributed by atoms with E-state index in [2.05, 4.69) is 10.2 Å². The summed E-state index contributed by atoms with van der Waals surface area (Å²) in [5.41, 5.74) is 0. The fourth-order valence-electron chi connectivity index (χ4n) is 1.48. The normalized spacial score (nSPS) is 17.4. The second-order valence-corrected chi connectivity index (χ2v) is 4.76. The number of aromatic nitrogens is 3. The number of rotatable bonds is 4. The highest BCUT2D eigenvalue weighted by Crippen LogP contribution is 2.25. The van der Waals surface area contributed by atoms with Gasteiger partial charge < -0.3 is 4.74 Å². The molecule has 0 spiro atoms. The average molecular weight is 271 g/mol. The molecule has 0 aliphatic carbocycles. The van der Waals surface area contributed by atoms with Gasteiger partial charge in [-0.2, -0.15) is 8.42 Å². The van der Waals surface area contributed by atoms with Crippen molar-refractivity contribution in [1.29, 1.82) is 0 Å². The molecule has 1 aliphatic heterocycles. The lowest BCUT2D eigenvalue weighted by Gasteiger charge is -2.25. The number of hydrogen-bond donors (Lipinski definition) is 0. The second kappa shape index (κ2) is 4.26. The average Bonchev–Trinajstić information content (AvgIpc) is 2.44. The highest BCUT2D eigenvalue weighted by Gasteiger charge is 2.32. The third-order valence-electron chi connectivity index (χ3n) is 2.29. The largest absolute Gasteiger partial charge is 0.380 e. The van der Waals surface area contributed by atoms with E-state index < -0.39 is 28.3 Å². The van der Waals surface area contributed by atoms with Gasteiger partial charge in [-0.3, -0.25) is 4.57 Å². The first-order valence-electron chi connectivity index (χ1n) is 4.63. The third kappa shape index (κ3) is 2.41. The topological polar surface area (TPSA) is 74.1 Å². The maximum Gasteiger partial charge on any atom is 0.368 e. The summed E-state index contributed by atoms with van der Waals surface area (Å²) in [4.78, 5) is 0. The molecule has 2 rings (SSSR count). The number of ether oxygens (including phenoxy) is 1. The molecular weight excluding hydrogens is 263 g/mol. The molecule has 0 atom stereocenters. The Hall–Kier alpha value is -1.16. The monoisotopic (exact) mass is 271 g/mol. The van der Waals surface area contributed by atoms with Crippen molar-refractivity contribution in [1.82, 2.24) is 14.8 Å². The quantitative estimate of drug-likeness (QED) is 0.737. The minimum atomic E-state index is -5.16. The van der Waals surface area contributed by atoms with E-state index in [1.807, 2.05) is 0 Å². The molecule has 0 amide bonds. The number of halogens is 3. The van der Waals surface area contributed by atoms with E-state index in [-0.39, 0.29) is 25.0 Å². The minimum Gasteiger partial charge on any atom is -0.380 e. The van der Waals surface area contributed by atoms with Gasteiger partial charge in [0.1, 0.15) is 5.82 Å². The van der Waals surface area contributed by atoms with Crippen LogP contribution in [0.4, 0.5) is 12.7 Å². The van der Waals surface area contributed by atoms with Gasteiger partial charge in [-0.15, -0.1) is 10.2 Å². The summed E-state index contributed by atoms with van der Waals surface area (Å²) in [5, 5.41) is 5.46. The van der Waals surface area contributed by atoms with Crippen molar-refractivity contribution >= 4 is 10.2 Å². The fraction of sp³-hybridized carbons (Fsp3) is 0.714. The Morgan fingerprint density at radius 3 is 2.47 bits per heavy atom. The predicted octanol–water partition coefficient (Wildman–Crippen LogP) is 0.315. The molecule has 0 radical (unpaired) electrons. The van der Waals surface area contributed by atoms with Crippen molar-refractivity contribution in [2.75, 3.05) is 13.2 Å². The molecule has 0 N–H and O–H groups in total. The highest BCUT2D eigenvalue weighted by molar-refractivity contribution is 7.86. The first-order valence-corrected chi connectivity index (χ1v) is 6.01. The number of nitrogens with zero attached hydrogens (tertiary/aromatic N) is 3. The molecule has 0 saturated carbocycles. The Labute approximate surface area is 94.6 Å². The van der Waals surface area contributed by atoms with Crippen LogP contribution in [0.1, 0.15) is 11.7 Å². The SMILES string of the molecule is O=S(=O)(F)c1nnc(C2COC2)n1CC(F)F. The van der Waals surface area contributed by atoms with Gasteiger partial charge in [0.25, 0.3) is 11.6 Å². The van der Waals surface area contributed by atoms with Crippen LogP contribution in [0.25, 0.3) is 0 Å². The van der Waals surface area contributed by atoms with E-state index in [0.29, 0.717) is 4.57 Å². The van der Waals surface area contributed by atoms with Gasteiger partial charge in [-0.1, -0.05) is 3.89 Å². The Bertz CT molecular complexity index is 512. The molecule has 0 aromatic carbocycles. The van der Waals surface area contributed by atoms with E-state index in [4.69, 9.17) is 4.74 Å². The van der Waals surface area contributed by atoms with Crippen molar-refractivity contribution < 1.29 is 25.8 Å². The van der Waals surface area contributed by atoms with Gasteiger partial charge in [-0.25, -0.2) is 8.78 Å². The first kappa shape index (κ1) is 12.3. The van der Waals surface area contributed by atoms with Gasteiger partial charge >= 0.3 is 10.2 Å². The summed E-state index contributed by atoms with van der Waals surface area (Å²) in [6, 6.07) is 0. The van der Waals surface area contributed by atoms with Gasteiger partial charge in [0.2, 0.25) is 0 Å². The summed E-state index contributed by atoms with van der Waals surface area (Å²) in [6.07, 6.45) is -2.83. The zero-order valence-corrected chi connectivity index (χ0v) is 9.20. The molecule has 1 aromatic heterocycles. The molecule has 17 heavy (non-hydrogen) atoms. The van der Waals surface area contributed by atoms with Crippen molar-refractivity contribution in [2.45, 2.75) is 24.0 Å². The van der Waals surface area contributed by atoms with Crippen molar-refractivity contribution in [3.8, 4) is 0 Å². The Kier molecular flexibility index (Phi) is 3.08. The van der Waals surface area contributed by atoms with Gasteiger partial charge in [0, 0.05) is 0 Å². The molecule has 96 valence electrons. The standard InChI is InChI=1S/C7H8F3N3O3S/c8-5(9)1-13-6(4-2-16-3-4)11-12-7(13)17(10,14)15/h4-5H,1-3H2. The van der Waals surface area contributed by atoms with Crippen LogP contribution >= 0.6 is 0 Å². The molecule has 1 saturated heterocycles. The van der Waals surface area contributed by atoms with Gasteiger partial charge in [-0.05, 0) is 0 Å². The lowest BCUT2D eigenvalue weighted by atomic mass is 10.1. The summed E-state index contributed by atoms with van der Waals surface area (Å²) >= 11 is 0. The summed E-state index contributed by atoms with van der Waals surface area (Å²) in [7, 11) is -5.16. The molecular formula is C7H8F3N3O3S. The maximum absolute atomic E-state index is 12.8. The van der Waals surface area contributed by atoms with Crippen LogP contribution in [0.15, 0.2) is 5.16 Å². The van der Waals surface area contributed by atoms with Crippen LogP contribution < -0.4 is 0 Å². The zero-order valence-electron chi connectivity index (χ0n) is 8.38. The predicted molar refractivity (Wildman–Crippen MR) is 47.9 cm³/mol. The molecule has 0 unspecified atom stereocenters. The van der Waals surface area contributed by atoms with Crippen molar-refractivity contribution in [3.63, 3.8) is 0 Å². The summed E-state index contributed by atoms with van der Waals surface area (Å²) in [5.74, 6) is -0.315. The lowest BCUT2D eigenvalue weighted by molar-refractivity contribution is 0.00168. The molecule has 6 nitrogen and oxygen atoms in total. The Morgan fingerprint density at radius 1 is 1.41 bits per heavy atom. The van der Waals surface area contributed by atoms with Crippen LogP contribution in [0.2, 0.25) is 0 Å². The molecule has 1 aliphatic rings. The van der Waals surface area contributed by atoms with Gasteiger partial charge in [0.05, 0.1) is 25.7 Å². The second-order valence-electron chi connectivity index (χ2n) is 3.51. The highest BCUT2D eigenvalue weighted by atomic mass is 32.3. The van der Waals surface area contributed by atoms with Crippen molar-refractivity contribution in [2.24, 2.45) is 0 Å². The smallest absolute Gasteiger partial charge is 0.368 e. The maximum atomic E-state index is 12.8. The molecule has 10 heteroatoms. The van der Waals surface area contributed by atoms with Gasteiger partial charge in [0.15, 0.2) is 0 Å². The van der Waals surface area contributed by atoms with E-state index in [1.165, 1.54) is 0 Å². The Morgan fingerprint density at radius 2 is 2.06 bits per heavy atom. The summed E-state index contributed by atoms with van der Waals surface area (Å²) < 4.78 is 64.3. The van der Waals surface area contributed by atoms with E-state index in [9.17, 15) is 21.1 Å². The molecule has 1 aromatic rings. The minimum absolute atomic E-state index is 0.00720. The van der Waals surface area contributed by atoms with Crippen molar-refractivity contribution in [3.05, 3.63) is 5.82 Å². The van der Waals surface area contributed by atoms with Crippen LogP contribution in [-0.4, -0.2) is 42.8 Å². The first-order chi connectivity index (χ1) is 7.89. The summed E-state index contributed by atoms with van der Waals surface area (Å²) in [6.45, 7) is -0.501. The lowest BCUT2D eigenvalue weighted by Crippen LogP contribution is -2.29. The molecule has 2 heterocycles. The fourth-order valence-corrected chi connectivity index (χ4v) is 2.05. The third-order valence-corrected chi connectivity index (χ3v) is 3.03. The number of alkyl halides is 2. The molecule has 0 bridgehead atoms. The van der Waals surface area contributed by atoms with E-state index >= 15 is 0 Å². The van der Waals surface area contributed by atoms with E-state index in [1.54, 1.807) is 0 Å².